The van der Waals surface area contributed by atoms with Crippen LogP contribution in [-0.2, 0) is 6.42 Å². The van der Waals surface area contributed by atoms with Gasteiger partial charge in [0.2, 0.25) is 5.89 Å². The Morgan fingerprint density at radius 1 is 1.00 bits per heavy atom. The number of nitrogens with zero attached hydrogens (tertiary/aromatic N) is 3. The molecule has 5 nitrogen and oxygen atoms in total. The second kappa shape index (κ2) is 8.43. The van der Waals surface area contributed by atoms with E-state index in [1.165, 1.54) is 28.9 Å². The summed E-state index contributed by atoms with van der Waals surface area (Å²) in [6.45, 7) is 1.07. The summed E-state index contributed by atoms with van der Waals surface area (Å²) in [6.07, 6.45) is 6.48. The van der Waals surface area contributed by atoms with Gasteiger partial charge in [0.25, 0.3) is 0 Å². The Bertz CT molecular complexity index is 967. The lowest BCUT2D eigenvalue weighted by molar-refractivity contribution is 0.385. The van der Waals surface area contributed by atoms with Gasteiger partial charge in [-0.2, -0.15) is 0 Å². The fourth-order valence-corrected chi connectivity index (χ4v) is 5.28. The zero-order valence-electron chi connectivity index (χ0n) is 16.2. The van der Waals surface area contributed by atoms with Gasteiger partial charge in [-0.05, 0) is 30.5 Å². The van der Waals surface area contributed by atoms with Gasteiger partial charge in [0.15, 0.2) is 0 Å². The van der Waals surface area contributed by atoms with Gasteiger partial charge in [-0.3, -0.25) is 4.90 Å². The standard InChI is InChI=1S/C23H24N4OS/c1-3-9-17(10-4-1)15-21-25-26-23(28-21)27-16-20(18-11-5-2-6-12-18)29-22(27)19-13-7-8-14-24-19/h1-6,9-12,16,19,22,24H,7-8,13-15H2. The maximum Gasteiger partial charge on any atom is 0.323 e. The number of aromatic nitrogens is 2. The number of anilines is 1. The summed E-state index contributed by atoms with van der Waals surface area (Å²) in [5.41, 5.74) is 2.40. The van der Waals surface area contributed by atoms with Gasteiger partial charge in [-0.1, -0.05) is 83.9 Å². The van der Waals surface area contributed by atoms with E-state index in [0.29, 0.717) is 24.4 Å². The normalized spacial score (nSPS) is 21.9. The molecule has 0 radical (unpaired) electrons. The van der Waals surface area contributed by atoms with E-state index in [1.807, 2.05) is 30.0 Å². The zero-order chi connectivity index (χ0) is 19.5. The van der Waals surface area contributed by atoms with Gasteiger partial charge in [0.1, 0.15) is 5.37 Å². The summed E-state index contributed by atoms with van der Waals surface area (Å²) in [6, 6.07) is 21.7. The molecule has 3 heterocycles. The Morgan fingerprint density at radius 2 is 1.79 bits per heavy atom. The van der Waals surface area contributed by atoms with Crippen molar-refractivity contribution >= 4 is 22.7 Å². The fourth-order valence-electron chi connectivity index (χ4n) is 3.92. The second-order valence-electron chi connectivity index (χ2n) is 7.47. The molecule has 0 bridgehead atoms. The molecule has 6 heteroatoms. The van der Waals surface area contributed by atoms with Crippen molar-refractivity contribution in [2.45, 2.75) is 37.1 Å². The van der Waals surface area contributed by atoms with E-state index < -0.39 is 0 Å². The number of thioether (sulfide) groups is 1. The first-order valence-corrected chi connectivity index (χ1v) is 11.1. The molecule has 1 saturated heterocycles. The highest BCUT2D eigenvalue weighted by Gasteiger charge is 2.36. The number of hydrogen-bond donors (Lipinski definition) is 1. The van der Waals surface area contributed by atoms with Crippen LogP contribution in [0.25, 0.3) is 4.91 Å². The summed E-state index contributed by atoms with van der Waals surface area (Å²) in [5, 5.41) is 12.6. The molecule has 0 saturated carbocycles. The summed E-state index contributed by atoms with van der Waals surface area (Å²) in [5.74, 6) is 0.646. The molecule has 1 aromatic heterocycles. The summed E-state index contributed by atoms with van der Waals surface area (Å²) in [4.78, 5) is 3.41. The third-order valence-corrected chi connectivity index (χ3v) is 6.80. The molecule has 3 aromatic rings. The molecule has 2 atom stereocenters. The van der Waals surface area contributed by atoms with Gasteiger partial charge < -0.3 is 9.73 Å². The quantitative estimate of drug-likeness (QED) is 0.666. The molecule has 1 fully saturated rings. The molecule has 2 unspecified atom stereocenters. The third kappa shape index (κ3) is 4.09. The van der Waals surface area contributed by atoms with Crippen molar-refractivity contribution < 1.29 is 4.42 Å². The van der Waals surface area contributed by atoms with E-state index >= 15 is 0 Å². The van der Waals surface area contributed by atoms with Crippen LogP contribution in [0.5, 0.6) is 0 Å². The van der Waals surface area contributed by atoms with Gasteiger partial charge in [0.05, 0.1) is 6.42 Å². The zero-order valence-corrected chi connectivity index (χ0v) is 17.0. The number of benzene rings is 2. The van der Waals surface area contributed by atoms with Crippen LogP contribution in [0.1, 0.15) is 36.3 Å². The maximum absolute atomic E-state index is 6.09. The molecular weight excluding hydrogens is 380 g/mol. The molecular formula is C23H24N4OS. The van der Waals surface area contributed by atoms with Crippen LogP contribution < -0.4 is 10.2 Å². The maximum atomic E-state index is 6.09. The first-order chi connectivity index (χ1) is 14.4. The van der Waals surface area contributed by atoms with E-state index in [9.17, 15) is 0 Å². The van der Waals surface area contributed by atoms with Gasteiger partial charge >= 0.3 is 6.01 Å². The Kier molecular flexibility index (Phi) is 5.37. The van der Waals surface area contributed by atoms with E-state index in [1.54, 1.807) is 0 Å². The van der Waals surface area contributed by atoms with Crippen LogP contribution in [0.2, 0.25) is 0 Å². The molecule has 2 aromatic carbocycles. The average molecular weight is 405 g/mol. The highest BCUT2D eigenvalue weighted by molar-refractivity contribution is 8.09. The predicted octanol–water partition coefficient (Wildman–Crippen LogP) is 4.68. The second-order valence-corrected chi connectivity index (χ2v) is 8.63. The summed E-state index contributed by atoms with van der Waals surface area (Å²) >= 11 is 1.88. The van der Waals surface area contributed by atoms with Crippen molar-refractivity contribution in [3.63, 3.8) is 0 Å². The molecule has 148 valence electrons. The molecule has 29 heavy (non-hydrogen) atoms. The first kappa shape index (κ1) is 18.5. The largest absolute Gasteiger partial charge is 0.407 e. The molecule has 5 rings (SSSR count). The molecule has 0 amide bonds. The van der Waals surface area contributed by atoms with E-state index in [4.69, 9.17) is 4.42 Å². The Hall–Kier alpha value is -2.57. The lowest BCUT2D eigenvalue weighted by Gasteiger charge is -2.32. The minimum atomic E-state index is 0.218. The highest BCUT2D eigenvalue weighted by atomic mass is 32.2. The predicted molar refractivity (Wildman–Crippen MR) is 117 cm³/mol. The Labute approximate surface area is 175 Å². The third-order valence-electron chi connectivity index (χ3n) is 5.40. The topological polar surface area (TPSA) is 54.2 Å². The molecule has 2 aliphatic rings. The molecule has 1 N–H and O–H groups in total. The van der Waals surface area contributed by atoms with Crippen LogP contribution in [0.3, 0.4) is 0 Å². The summed E-state index contributed by atoms with van der Waals surface area (Å²) in [7, 11) is 0. The van der Waals surface area contributed by atoms with Crippen molar-refractivity contribution in [2.75, 3.05) is 11.4 Å². The number of hydrogen-bond acceptors (Lipinski definition) is 6. The smallest absolute Gasteiger partial charge is 0.323 e. The van der Waals surface area contributed by atoms with Crippen molar-refractivity contribution in [3.05, 3.63) is 83.9 Å². The van der Waals surface area contributed by atoms with Crippen molar-refractivity contribution in [1.29, 1.82) is 0 Å². The average Bonchev–Trinajstić information content (AvgIpc) is 3.43. The highest BCUT2D eigenvalue weighted by Crippen LogP contribution is 2.43. The molecule has 2 aliphatic heterocycles. The van der Waals surface area contributed by atoms with Crippen LogP contribution >= 0.6 is 11.8 Å². The van der Waals surface area contributed by atoms with Crippen LogP contribution in [-0.4, -0.2) is 28.2 Å². The Balaban J connectivity index is 1.42. The van der Waals surface area contributed by atoms with E-state index in [2.05, 4.69) is 69.1 Å². The number of nitrogens with one attached hydrogen (secondary N) is 1. The summed E-state index contributed by atoms with van der Waals surface area (Å²) < 4.78 is 6.09. The van der Waals surface area contributed by atoms with E-state index in [0.717, 1.165) is 13.0 Å². The minimum absolute atomic E-state index is 0.218. The first-order valence-electron chi connectivity index (χ1n) is 10.2. The lowest BCUT2D eigenvalue weighted by atomic mass is 10.0. The van der Waals surface area contributed by atoms with Gasteiger partial charge in [0, 0.05) is 17.1 Å². The van der Waals surface area contributed by atoms with Crippen molar-refractivity contribution in [3.8, 4) is 0 Å². The van der Waals surface area contributed by atoms with Gasteiger partial charge in [-0.15, -0.1) is 5.10 Å². The van der Waals surface area contributed by atoms with Gasteiger partial charge in [-0.25, -0.2) is 0 Å². The number of rotatable bonds is 5. The van der Waals surface area contributed by atoms with E-state index in [-0.39, 0.29) is 5.37 Å². The van der Waals surface area contributed by atoms with Crippen molar-refractivity contribution in [1.82, 2.24) is 15.5 Å². The van der Waals surface area contributed by atoms with Crippen LogP contribution in [0.4, 0.5) is 6.01 Å². The lowest BCUT2D eigenvalue weighted by Crippen LogP contribution is -2.47. The molecule has 0 aliphatic carbocycles. The SMILES string of the molecule is C1=C(c2ccccc2)SC(C2CCCCN2)N1c1nnc(Cc2ccccc2)o1. The fraction of sp³-hybridized carbons (Fsp3) is 0.304. The van der Waals surface area contributed by atoms with Crippen LogP contribution in [0, 0.1) is 0 Å². The van der Waals surface area contributed by atoms with Crippen LogP contribution in [0.15, 0.2) is 71.3 Å². The molecule has 0 spiro atoms. The minimum Gasteiger partial charge on any atom is -0.407 e. The number of piperidine rings is 1. The van der Waals surface area contributed by atoms with Crippen molar-refractivity contribution in [2.24, 2.45) is 0 Å². The monoisotopic (exact) mass is 404 g/mol. The Morgan fingerprint density at radius 3 is 2.55 bits per heavy atom.